The Hall–Kier alpha value is -1.37. The van der Waals surface area contributed by atoms with Gasteiger partial charge in [0, 0.05) is 31.4 Å². The lowest BCUT2D eigenvalue weighted by atomic mass is 10.1. The molecule has 20 heavy (non-hydrogen) atoms. The minimum absolute atomic E-state index is 0.184. The lowest BCUT2D eigenvalue weighted by molar-refractivity contribution is 0.398. The third-order valence-electron chi connectivity index (χ3n) is 3.26. The first kappa shape index (κ1) is 15.0. The van der Waals surface area contributed by atoms with Crippen LogP contribution in [0.1, 0.15) is 18.5 Å². The molecule has 0 saturated heterocycles. The van der Waals surface area contributed by atoms with Gasteiger partial charge in [-0.2, -0.15) is 9.40 Å². The summed E-state index contributed by atoms with van der Waals surface area (Å²) in [7, 11) is -0.319. The van der Waals surface area contributed by atoms with Crippen molar-refractivity contribution in [1.82, 2.24) is 14.1 Å². The summed E-state index contributed by atoms with van der Waals surface area (Å²) in [6.45, 7) is 1.83. The molecule has 108 valence electrons. The first-order valence-corrected chi connectivity index (χ1v) is 7.86. The van der Waals surface area contributed by atoms with E-state index in [9.17, 15) is 8.42 Å². The molecule has 1 unspecified atom stereocenters. The van der Waals surface area contributed by atoms with E-state index < -0.39 is 10.0 Å². The summed E-state index contributed by atoms with van der Waals surface area (Å²) in [6.07, 6.45) is 2.83. The number of halogens is 1. The fourth-order valence-corrected chi connectivity index (χ4v) is 3.32. The zero-order valence-corrected chi connectivity index (χ0v) is 13.1. The Bertz CT molecular complexity index is 695. The third kappa shape index (κ3) is 2.87. The molecule has 5 nitrogen and oxygen atoms in total. The van der Waals surface area contributed by atoms with Gasteiger partial charge in [0.1, 0.15) is 4.90 Å². The molecule has 0 amide bonds. The number of sulfonamides is 1. The molecular weight excluding hydrogens is 298 g/mol. The standard InChI is InChI=1S/C13H16ClN3O2S/c1-10(11-4-6-12(14)7-5-11)17(3)20(18,19)13-8-15-16(2)9-13/h4-10H,1-3H3. The molecule has 0 aliphatic carbocycles. The second-order valence-corrected chi connectivity index (χ2v) is 7.03. The van der Waals surface area contributed by atoms with Crippen LogP contribution in [0.2, 0.25) is 5.02 Å². The SMILES string of the molecule is CC(c1ccc(Cl)cc1)N(C)S(=O)(=O)c1cnn(C)c1. The van der Waals surface area contributed by atoms with E-state index in [1.807, 2.05) is 19.1 Å². The van der Waals surface area contributed by atoms with Crippen LogP contribution >= 0.6 is 11.6 Å². The molecule has 0 bridgehead atoms. The highest BCUT2D eigenvalue weighted by atomic mass is 35.5. The van der Waals surface area contributed by atoms with Crippen molar-refractivity contribution in [2.24, 2.45) is 7.05 Å². The Morgan fingerprint density at radius 2 is 1.90 bits per heavy atom. The minimum atomic E-state index is -3.56. The normalized spacial score (nSPS) is 13.7. The Kier molecular flexibility index (Phi) is 4.17. The van der Waals surface area contributed by atoms with Gasteiger partial charge in [-0.3, -0.25) is 4.68 Å². The molecule has 0 radical (unpaired) electrons. The third-order valence-corrected chi connectivity index (χ3v) is 5.39. The van der Waals surface area contributed by atoms with E-state index in [-0.39, 0.29) is 10.9 Å². The lowest BCUT2D eigenvalue weighted by Crippen LogP contribution is -2.29. The van der Waals surface area contributed by atoms with Gasteiger partial charge >= 0.3 is 0 Å². The van der Waals surface area contributed by atoms with Crippen LogP contribution in [0.5, 0.6) is 0 Å². The monoisotopic (exact) mass is 313 g/mol. The van der Waals surface area contributed by atoms with Gasteiger partial charge in [0.05, 0.1) is 6.20 Å². The van der Waals surface area contributed by atoms with Crippen molar-refractivity contribution in [3.05, 3.63) is 47.2 Å². The van der Waals surface area contributed by atoms with Gasteiger partial charge in [0.15, 0.2) is 0 Å². The van der Waals surface area contributed by atoms with E-state index in [1.54, 1.807) is 26.2 Å². The average Bonchev–Trinajstić information content (AvgIpc) is 2.85. The van der Waals surface area contributed by atoms with E-state index in [0.29, 0.717) is 5.02 Å². The van der Waals surface area contributed by atoms with Crippen molar-refractivity contribution in [2.45, 2.75) is 17.9 Å². The van der Waals surface area contributed by atoms with Crippen LogP contribution in [0.3, 0.4) is 0 Å². The van der Waals surface area contributed by atoms with Crippen LogP contribution in [0.15, 0.2) is 41.6 Å². The summed E-state index contributed by atoms with van der Waals surface area (Å²) >= 11 is 5.84. The molecule has 0 aliphatic heterocycles. The number of aryl methyl sites for hydroxylation is 1. The number of rotatable bonds is 4. The molecule has 0 aliphatic rings. The van der Waals surface area contributed by atoms with Crippen molar-refractivity contribution in [1.29, 1.82) is 0 Å². The maximum absolute atomic E-state index is 12.5. The number of benzene rings is 1. The summed E-state index contributed by atoms with van der Waals surface area (Å²) in [5, 5.41) is 4.53. The highest BCUT2D eigenvalue weighted by Crippen LogP contribution is 2.26. The van der Waals surface area contributed by atoms with Crippen LogP contribution in [0.4, 0.5) is 0 Å². The van der Waals surface area contributed by atoms with Crippen molar-refractivity contribution >= 4 is 21.6 Å². The summed E-state index contributed by atoms with van der Waals surface area (Å²) < 4.78 is 27.7. The molecule has 0 N–H and O–H groups in total. The second kappa shape index (κ2) is 5.55. The average molecular weight is 314 g/mol. The van der Waals surface area contributed by atoms with Gasteiger partial charge < -0.3 is 0 Å². The van der Waals surface area contributed by atoms with Crippen LogP contribution < -0.4 is 0 Å². The van der Waals surface area contributed by atoms with Crippen LogP contribution in [0.25, 0.3) is 0 Å². The van der Waals surface area contributed by atoms with Crippen molar-refractivity contribution in [2.75, 3.05) is 7.05 Å². The van der Waals surface area contributed by atoms with E-state index >= 15 is 0 Å². The molecule has 1 atom stereocenters. The van der Waals surface area contributed by atoms with Crippen LogP contribution in [-0.2, 0) is 17.1 Å². The summed E-state index contributed by atoms with van der Waals surface area (Å²) in [5.41, 5.74) is 0.879. The fourth-order valence-electron chi connectivity index (χ4n) is 1.86. The molecule has 1 aromatic carbocycles. The Morgan fingerprint density at radius 3 is 2.40 bits per heavy atom. The number of hydrogen-bond donors (Lipinski definition) is 0. The maximum atomic E-state index is 12.5. The van der Waals surface area contributed by atoms with Gasteiger partial charge in [-0.15, -0.1) is 0 Å². The topological polar surface area (TPSA) is 55.2 Å². The van der Waals surface area contributed by atoms with Gasteiger partial charge in [0.2, 0.25) is 10.0 Å². The van der Waals surface area contributed by atoms with E-state index in [0.717, 1.165) is 5.56 Å². The summed E-state index contributed by atoms with van der Waals surface area (Å²) in [5.74, 6) is 0. The van der Waals surface area contributed by atoms with E-state index in [1.165, 1.54) is 21.4 Å². The second-order valence-electron chi connectivity index (χ2n) is 4.60. The zero-order chi connectivity index (χ0) is 14.9. The van der Waals surface area contributed by atoms with Crippen molar-refractivity contribution in [3.63, 3.8) is 0 Å². The molecule has 2 rings (SSSR count). The number of hydrogen-bond acceptors (Lipinski definition) is 3. The van der Waals surface area contributed by atoms with Crippen molar-refractivity contribution < 1.29 is 8.42 Å². The van der Waals surface area contributed by atoms with Gasteiger partial charge in [0.25, 0.3) is 0 Å². The number of aromatic nitrogens is 2. The summed E-state index contributed by atoms with van der Waals surface area (Å²) in [6, 6.07) is 6.85. The predicted molar refractivity (Wildman–Crippen MR) is 78.0 cm³/mol. The molecule has 1 aromatic heterocycles. The zero-order valence-electron chi connectivity index (χ0n) is 11.5. The Morgan fingerprint density at radius 1 is 1.30 bits per heavy atom. The van der Waals surface area contributed by atoms with Gasteiger partial charge in [-0.05, 0) is 24.6 Å². The van der Waals surface area contributed by atoms with E-state index in [4.69, 9.17) is 11.6 Å². The highest BCUT2D eigenvalue weighted by Gasteiger charge is 2.27. The number of nitrogens with zero attached hydrogens (tertiary/aromatic N) is 3. The largest absolute Gasteiger partial charge is 0.274 e. The molecule has 2 aromatic rings. The molecule has 1 heterocycles. The minimum Gasteiger partial charge on any atom is -0.274 e. The lowest BCUT2D eigenvalue weighted by Gasteiger charge is -2.24. The van der Waals surface area contributed by atoms with Crippen LogP contribution in [0, 0.1) is 0 Å². The smallest absolute Gasteiger partial charge is 0.246 e. The molecule has 0 saturated carbocycles. The Labute approximate surface area is 123 Å². The van der Waals surface area contributed by atoms with E-state index in [2.05, 4.69) is 5.10 Å². The molecular formula is C13H16ClN3O2S. The van der Waals surface area contributed by atoms with Gasteiger partial charge in [-0.25, -0.2) is 8.42 Å². The maximum Gasteiger partial charge on any atom is 0.246 e. The first-order valence-electron chi connectivity index (χ1n) is 6.04. The van der Waals surface area contributed by atoms with Crippen molar-refractivity contribution in [3.8, 4) is 0 Å². The fraction of sp³-hybridized carbons (Fsp3) is 0.308. The highest BCUT2D eigenvalue weighted by molar-refractivity contribution is 7.89. The summed E-state index contributed by atoms with van der Waals surface area (Å²) in [4.78, 5) is 0.184. The molecule has 0 fully saturated rings. The van der Waals surface area contributed by atoms with Crippen LogP contribution in [-0.4, -0.2) is 29.6 Å². The molecule has 0 spiro atoms. The quantitative estimate of drug-likeness (QED) is 0.871. The van der Waals surface area contributed by atoms with Gasteiger partial charge in [-0.1, -0.05) is 23.7 Å². The Balaban J connectivity index is 2.30. The first-order chi connectivity index (χ1) is 9.32. The molecule has 7 heteroatoms. The predicted octanol–water partition coefficient (Wildman–Crippen LogP) is 2.46.